The van der Waals surface area contributed by atoms with Crippen LogP contribution in [-0.4, -0.2) is 18.7 Å². The first-order chi connectivity index (χ1) is 16.0. The molecule has 3 nitrogen and oxygen atoms in total. The Hall–Kier alpha value is -2.36. The molecule has 0 heterocycles. The number of carbonyl (C=O) groups excluding carboxylic acids is 1. The number of ether oxygens (including phenoxy) is 2. The highest BCUT2D eigenvalue weighted by atomic mass is 19.1. The van der Waals surface area contributed by atoms with E-state index in [9.17, 15) is 9.18 Å². The Kier molecular flexibility index (Phi) is 12.6. The quantitative estimate of drug-likeness (QED) is 0.144. The Bertz CT molecular complexity index is 786. The predicted molar refractivity (Wildman–Crippen MR) is 135 cm³/mol. The first-order valence-corrected chi connectivity index (χ1v) is 12.7. The van der Waals surface area contributed by atoms with E-state index in [4.69, 9.17) is 9.47 Å². The van der Waals surface area contributed by atoms with Crippen molar-refractivity contribution < 1.29 is 18.7 Å². The summed E-state index contributed by atoms with van der Waals surface area (Å²) in [6, 6.07) is 15.2. The smallest absolute Gasteiger partial charge is 0.346 e. The summed E-state index contributed by atoms with van der Waals surface area (Å²) in [5, 5.41) is 0. The van der Waals surface area contributed by atoms with E-state index >= 15 is 0 Å². The summed E-state index contributed by atoms with van der Waals surface area (Å²) in [6.07, 6.45) is 10.7. The largest absolute Gasteiger partial charge is 0.494 e. The van der Waals surface area contributed by atoms with Gasteiger partial charge in [-0.2, -0.15) is 0 Å². The van der Waals surface area contributed by atoms with Crippen LogP contribution in [0.3, 0.4) is 0 Å². The molecule has 2 rings (SSSR count). The third-order valence-corrected chi connectivity index (χ3v) is 6.15. The zero-order chi connectivity index (χ0) is 23.9. The van der Waals surface area contributed by atoms with Crippen LogP contribution in [0.2, 0.25) is 0 Å². The first-order valence-electron chi connectivity index (χ1n) is 12.7. The summed E-state index contributed by atoms with van der Waals surface area (Å²) in [5.41, 5.74) is 2.05. The normalized spacial score (nSPS) is 12.8. The average Bonchev–Trinajstić information content (AvgIpc) is 2.85. The fourth-order valence-electron chi connectivity index (χ4n) is 3.67. The van der Waals surface area contributed by atoms with Crippen LogP contribution >= 0.6 is 0 Å². The van der Waals surface area contributed by atoms with Gasteiger partial charge in [0, 0.05) is 0 Å². The van der Waals surface area contributed by atoms with E-state index in [0.29, 0.717) is 12.2 Å². The van der Waals surface area contributed by atoms with E-state index in [1.165, 1.54) is 51.4 Å². The predicted octanol–water partition coefficient (Wildman–Crippen LogP) is 8.55. The maximum atomic E-state index is 14.0. The minimum absolute atomic E-state index is 0.349. The molecule has 2 unspecified atom stereocenters. The highest BCUT2D eigenvalue weighted by Gasteiger charge is 2.25. The summed E-state index contributed by atoms with van der Waals surface area (Å²) in [4.78, 5) is 11.9. The summed E-state index contributed by atoms with van der Waals surface area (Å²) in [6.45, 7) is 6.57. The monoisotopic (exact) mass is 456 g/mol. The Balaban J connectivity index is 1.70. The highest BCUT2D eigenvalue weighted by molar-refractivity contribution is 5.77. The molecule has 33 heavy (non-hydrogen) atoms. The van der Waals surface area contributed by atoms with Gasteiger partial charge in [-0.25, -0.2) is 9.18 Å². The molecule has 2 atom stereocenters. The molecule has 0 amide bonds. The van der Waals surface area contributed by atoms with Gasteiger partial charge in [-0.3, -0.25) is 0 Å². The number of unbranched alkanes of at least 4 members (excludes halogenated alkanes) is 8. The molecule has 0 saturated heterocycles. The number of carbonyl (C=O) groups is 1. The van der Waals surface area contributed by atoms with Crippen LogP contribution in [0.1, 0.15) is 85.0 Å². The molecule has 0 aliphatic heterocycles. The van der Waals surface area contributed by atoms with Crippen LogP contribution in [0.25, 0.3) is 11.1 Å². The molecule has 0 aliphatic rings. The number of benzene rings is 2. The standard InChI is InChI=1S/C29H41FO3/c1-4-6-7-8-9-10-11-12-13-22-32-26-18-14-24(15-19-26)25-16-20-27(21-17-25)33-29(31)28(30)23(3)5-2/h14-21,23,28H,4-13,22H2,1-3H3. The molecular formula is C29H41FO3. The number of hydrogen-bond donors (Lipinski definition) is 0. The van der Waals surface area contributed by atoms with Gasteiger partial charge in [0.25, 0.3) is 0 Å². The SMILES string of the molecule is CCCCCCCCCCCOc1ccc(-c2ccc(OC(=O)C(F)C(C)CC)cc2)cc1. The van der Waals surface area contributed by atoms with E-state index < -0.39 is 12.1 Å². The minimum atomic E-state index is -1.60. The van der Waals surface area contributed by atoms with Gasteiger partial charge in [0.15, 0.2) is 6.17 Å². The van der Waals surface area contributed by atoms with E-state index in [-0.39, 0.29) is 5.92 Å². The molecule has 0 aromatic heterocycles. The van der Waals surface area contributed by atoms with Crippen molar-refractivity contribution in [1.82, 2.24) is 0 Å². The average molecular weight is 457 g/mol. The fraction of sp³-hybridized carbons (Fsp3) is 0.552. The molecule has 182 valence electrons. The minimum Gasteiger partial charge on any atom is -0.494 e. The van der Waals surface area contributed by atoms with Crippen molar-refractivity contribution in [2.45, 2.75) is 91.2 Å². The number of esters is 1. The molecule has 0 N–H and O–H groups in total. The molecular weight excluding hydrogens is 415 g/mol. The lowest BCUT2D eigenvalue weighted by atomic mass is 10.0. The van der Waals surface area contributed by atoms with Crippen molar-refractivity contribution in [3.63, 3.8) is 0 Å². The fourth-order valence-corrected chi connectivity index (χ4v) is 3.67. The number of rotatable bonds is 16. The van der Waals surface area contributed by atoms with Gasteiger partial charge in [0.2, 0.25) is 0 Å². The second kappa shape index (κ2) is 15.5. The Morgan fingerprint density at radius 2 is 1.24 bits per heavy atom. The van der Waals surface area contributed by atoms with Crippen LogP contribution < -0.4 is 9.47 Å². The second-order valence-electron chi connectivity index (χ2n) is 8.93. The van der Waals surface area contributed by atoms with Gasteiger partial charge in [-0.15, -0.1) is 0 Å². The summed E-state index contributed by atoms with van der Waals surface area (Å²) >= 11 is 0. The molecule has 0 radical (unpaired) electrons. The summed E-state index contributed by atoms with van der Waals surface area (Å²) < 4.78 is 25.0. The number of hydrogen-bond acceptors (Lipinski definition) is 3. The molecule has 0 spiro atoms. The Morgan fingerprint density at radius 1 is 0.758 bits per heavy atom. The third-order valence-electron chi connectivity index (χ3n) is 6.15. The topological polar surface area (TPSA) is 35.5 Å². The molecule has 0 saturated carbocycles. The second-order valence-corrected chi connectivity index (χ2v) is 8.93. The van der Waals surface area contributed by atoms with Crippen molar-refractivity contribution in [1.29, 1.82) is 0 Å². The molecule has 4 heteroatoms. The van der Waals surface area contributed by atoms with Crippen molar-refractivity contribution in [2.75, 3.05) is 6.61 Å². The van der Waals surface area contributed by atoms with E-state index in [2.05, 4.69) is 6.92 Å². The molecule has 2 aromatic rings. The number of halogens is 1. The van der Waals surface area contributed by atoms with Crippen molar-refractivity contribution in [3.05, 3.63) is 48.5 Å². The lowest BCUT2D eigenvalue weighted by Crippen LogP contribution is -2.27. The molecule has 0 fully saturated rings. The molecule has 2 aromatic carbocycles. The maximum absolute atomic E-state index is 14.0. The third kappa shape index (κ3) is 9.98. The van der Waals surface area contributed by atoms with E-state index in [0.717, 1.165) is 29.9 Å². The highest BCUT2D eigenvalue weighted by Crippen LogP contribution is 2.25. The Labute approximate surface area is 199 Å². The van der Waals surface area contributed by atoms with Crippen molar-refractivity contribution >= 4 is 5.97 Å². The lowest BCUT2D eigenvalue weighted by Gasteiger charge is -2.13. The summed E-state index contributed by atoms with van der Waals surface area (Å²) in [7, 11) is 0. The number of alkyl halides is 1. The first kappa shape index (κ1) is 26.9. The lowest BCUT2D eigenvalue weighted by molar-refractivity contribution is -0.141. The van der Waals surface area contributed by atoms with Gasteiger partial charge in [0.1, 0.15) is 11.5 Å². The summed E-state index contributed by atoms with van der Waals surface area (Å²) in [5.74, 6) is 0.0573. The van der Waals surface area contributed by atoms with Gasteiger partial charge < -0.3 is 9.47 Å². The van der Waals surface area contributed by atoms with Crippen LogP contribution in [0.5, 0.6) is 11.5 Å². The van der Waals surface area contributed by atoms with Crippen molar-refractivity contribution in [2.24, 2.45) is 5.92 Å². The zero-order valence-electron chi connectivity index (χ0n) is 20.7. The molecule has 0 aliphatic carbocycles. The Morgan fingerprint density at radius 3 is 1.76 bits per heavy atom. The zero-order valence-corrected chi connectivity index (χ0v) is 20.7. The van der Waals surface area contributed by atoms with Crippen molar-refractivity contribution in [3.8, 4) is 22.6 Å². The van der Waals surface area contributed by atoms with Gasteiger partial charge in [-0.1, -0.05) is 103 Å². The van der Waals surface area contributed by atoms with E-state index in [1.807, 2.05) is 43.3 Å². The van der Waals surface area contributed by atoms with E-state index in [1.54, 1.807) is 19.1 Å². The van der Waals surface area contributed by atoms with Crippen LogP contribution in [0, 0.1) is 5.92 Å². The van der Waals surface area contributed by atoms with Gasteiger partial charge in [-0.05, 0) is 47.7 Å². The van der Waals surface area contributed by atoms with Crippen LogP contribution in [-0.2, 0) is 4.79 Å². The maximum Gasteiger partial charge on any atom is 0.346 e. The van der Waals surface area contributed by atoms with Crippen LogP contribution in [0.4, 0.5) is 4.39 Å². The van der Waals surface area contributed by atoms with Gasteiger partial charge in [0.05, 0.1) is 6.61 Å². The molecule has 0 bridgehead atoms. The van der Waals surface area contributed by atoms with Gasteiger partial charge >= 0.3 is 5.97 Å². The van der Waals surface area contributed by atoms with Crippen LogP contribution in [0.15, 0.2) is 48.5 Å².